The van der Waals surface area contributed by atoms with Crippen LogP contribution in [0.25, 0.3) is 11.5 Å². The summed E-state index contributed by atoms with van der Waals surface area (Å²) in [6.45, 7) is 3.72. The zero-order valence-electron chi connectivity index (χ0n) is 9.78. The molecule has 0 amide bonds. The summed E-state index contributed by atoms with van der Waals surface area (Å²) >= 11 is 0. The first-order valence-corrected chi connectivity index (χ1v) is 5.16. The summed E-state index contributed by atoms with van der Waals surface area (Å²) in [4.78, 5) is 16.5. The van der Waals surface area contributed by atoms with Crippen LogP contribution in [0.3, 0.4) is 0 Å². The predicted molar refractivity (Wildman–Crippen MR) is 62.2 cm³/mol. The van der Waals surface area contributed by atoms with Crippen molar-refractivity contribution in [2.45, 2.75) is 6.54 Å². The van der Waals surface area contributed by atoms with Crippen LogP contribution < -0.4 is 0 Å². The highest BCUT2D eigenvalue weighted by Gasteiger charge is 2.11. The first-order chi connectivity index (χ1) is 8.70. The number of hydrogen-bond acceptors (Lipinski definition) is 6. The Labute approximate surface area is 103 Å². The molecule has 0 N–H and O–H groups in total. The molecular formula is C11H11N5O2. The highest BCUT2D eigenvalue weighted by atomic mass is 16.5. The topological polar surface area (TPSA) is 82.8 Å². The molecule has 2 aromatic rings. The summed E-state index contributed by atoms with van der Waals surface area (Å²) in [6, 6.07) is 5.40. The van der Waals surface area contributed by atoms with Crippen LogP contribution in [0.1, 0.15) is 0 Å². The van der Waals surface area contributed by atoms with Crippen LogP contribution in [0.15, 0.2) is 36.5 Å². The summed E-state index contributed by atoms with van der Waals surface area (Å²) < 4.78 is 4.54. The fourth-order valence-electron chi connectivity index (χ4n) is 1.29. The molecule has 0 saturated heterocycles. The number of carbonyl (C=O) groups is 1. The van der Waals surface area contributed by atoms with Crippen LogP contribution in [0.4, 0.5) is 0 Å². The van der Waals surface area contributed by atoms with E-state index in [-0.39, 0.29) is 12.1 Å². The second-order valence-corrected chi connectivity index (χ2v) is 3.45. The highest BCUT2D eigenvalue weighted by Crippen LogP contribution is 2.08. The molecule has 0 atom stereocenters. The minimum atomic E-state index is -0.494. The van der Waals surface area contributed by atoms with Crippen molar-refractivity contribution < 1.29 is 9.53 Å². The lowest BCUT2D eigenvalue weighted by molar-refractivity contribution is -0.136. The average Bonchev–Trinajstić information content (AvgIpc) is 2.87. The molecule has 92 valence electrons. The van der Waals surface area contributed by atoms with Crippen LogP contribution in [0, 0.1) is 0 Å². The van der Waals surface area contributed by atoms with Crippen LogP contribution >= 0.6 is 0 Å². The number of aromatic nitrogens is 5. The smallest absolute Gasteiger partial charge is 0.335 e. The summed E-state index contributed by atoms with van der Waals surface area (Å²) in [6.07, 6.45) is 1.64. The van der Waals surface area contributed by atoms with Gasteiger partial charge in [0, 0.05) is 6.20 Å². The maximum atomic E-state index is 11.2. The molecule has 18 heavy (non-hydrogen) atoms. The number of methoxy groups -OCH3 is 1. The molecule has 0 radical (unpaired) electrons. The largest absolute Gasteiger partial charge is 0.466 e. The number of esters is 1. The van der Waals surface area contributed by atoms with Gasteiger partial charge in [-0.05, 0) is 17.3 Å². The van der Waals surface area contributed by atoms with Crippen LogP contribution in [0.2, 0.25) is 0 Å². The number of pyridine rings is 1. The fraction of sp³-hybridized carbons (Fsp3) is 0.182. The molecule has 0 aliphatic heterocycles. The van der Waals surface area contributed by atoms with E-state index in [9.17, 15) is 4.79 Å². The Bertz CT molecular complexity index is 564. The highest BCUT2D eigenvalue weighted by molar-refractivity contribution is 5.87. The molecule has 0 aromatic carbocycles. The lowest BCUT2D eigenvalue weighted by Gasteiger charge is -2.00. The van der Waals surface area contributed by atoms with Crippen molar-refractivity contribution in [3.05, 3.63) is 36.5 Å². The molecule has 0 saturated carbocycles. The minimum absolute atomic E-state index is 0.131. The van der Waals surface area contributed by atoms with E-state index in [4.69, 9.17) is 0 Å². The molecule has 2 rings (SSSR count). The van der Waals surface area contributed by atoms with Crippen LogP contribution in [-0.4, -0.2) is 38.3 Å². The average molecular weight is 245 g/mol. The zero-order valence-corrected chi connectivity index (χ0v) is 9.78. The van der Waals surface area contributed by atoms with Gasteiger partial charge in [-0.25, -0.2) is 4.79 Å². The Morgan fingerprint density at radius 1 is 1.50 bits per heavy atom. The first kappa shape index (κ1) is 11.9. The summed E-state index contributed by atoms with van der Waals surface area (Å²) in [5.41, 5.74) is 0.870. The third-order valence-corrected chi connectivity index (χ3v) is 2.15. The Balaban J connectivity index is 2.12. The molecule has 2 aromatic heterocycles. The second-order valence-electron chi connectivity index (χ2n) is 3.45. The quantitative estimate of drug-likeness (QED) is 0.575. The van der Waals surface area contributed by atoms with Gasteiger partial charge in [-0.2, -0.15) is 4.80 Å². The zero-order chi connectivity index (χ0) is 13.0. The number of carbonyl (C=O) groups excluding carboxylic acids is 1. The van der Waals surface area contributed by atoms with Gasteiger partial charge in [0.2, 0.25) is 5.82 Å². The maximum Gasteiger partial charge on any atom is 0.335 e. The Hall–Kier alpha value is -2.57. The van der Waals surface area contributed by atoms with Gasteiger partial charge in [-0.1, -0.05) is 12.6 Å². The van der Waals surface area contributed by atoms with Crippen molar-refractivity contribution in [1.29, 1.82) is 0 Å². The normalized spacial score (nSPS) is 10.1. The van der Waals surface area contributed by atoms with Crippen LogP contribution in [0.5, 0.6) is 0 Å². The van der Waals surface area contributed by atoms with E-state index < -0.39 is 5.97 Å². The third-order valence-electron chi connectivity index (χ3n) is 2.15. The first-order valence-electron chi connectivity index (χ1n) is 5.16. The molecule has 7 heteroatoms. The SMILES string of the molecule is C=C(Cn1nnc(-c2ccccn2)n1)C(=O)OC. The van der Waals surface area contributed by atoms with Crippen LogP contribution in [-0.2, 0) is 16.1 Å². The lowest BCUT2D eigenvalue weighted by Crippen LogP contribution is -2.12. The van der Waals surface area contributed by atoms with E-state index in [1.54, 1.807) is 18.3 Å². The summed E-state index contributed by atoms with van der Waals surface area (Å²) in [5.74, 6) is -0.0973. The van der Waals surface area contributed by atoms with Gasteiger partial charge < -0.3 is 4.74 Å². The Kier molecular flexibility index (Phi) is 3.42. The van der Waals surface area contributed by atoms with Gasteiger partial charge in [0.05, 0.1) is 19.2 Å². The predicted octanol–water partition coefficient (Wildman–Crippen LogP) is 0.464. The maximum absolute atomic E-state index is 11.2. The standard InChI is InChI=1S/C11H11N5O2/c1-8(11(17)18-2)7-16-14-10(13-15-16)9-5-3-4-6-12-9/h3-6H,1,7H2,2H3. The van der Waals surface area contributed by atoms with E-state index >= 15 is 0 Å². The number of ether oxygens (including phenoxy) is 1. The molecule has 0 fully saturated rings. The molecule has 2 heterocycles. The summed E-state index contributed by atoms with van der Waals surface area (Å²) in [7, 11) is 1.29. The monoisotopic (exact) mass is 245 g/mol. The lowest BCUT2D eigenvalue weighted by atomic mass is 10.3. The molecule has 0 unspecified atom stereocenters. The van der Waals surface area contributed by atoms with E-state index in [0.717, 1.165) is 0 Å². The van der Waals surface area contributed by atoms with Gasteiger partial charge in [-0.15, -0.1) is 10.2 Å². The van der Waals surface area contributed by atoms with Crippen molar-refractivity contribution in [2.24, 2.45) is 0 Å². The number of tetrazole rings is 1. The molecular weight excluding hydrogens is 234 g/mol. The van der Waals surface area contributed by atoms with Crippen molar-refractivity contribution in [3.8, 4) is 11.5 Å². The van der Waals surface area contributed by atoms with Crippen molar-refractivity contribution >= 4 is 5.97 Å². The number of hydrogen-bond donors (Lipinski definition) is 0. The van der Waals surface area contributed by atoms with E-state index in [0.29, 0.717) is 11.5 Å². The number of nitrogens with zero attached hydrogens (tertiary/aromatic N) is 5. The van der Waals surface area contributed by atoms with Crippen molar-refractivity contribution in [3.63, 3.8) is 0 Å². The van der Waals surface area contributed by atoms with E-state index in [2.05, 4.69) is 31.7 Å². The van der Waals surface area contributed by atoms with E-state index in [1.807, 2.05) is 6.07 Å². The van der Waals surface area contributed by atoms with Gasteiger partial charge in [0.25, 0.3) is 0 Å². The van der Waals surface area contributed by atoms with Gasteiger partial charge in [-0.3, -0.25) is 4.98 Å². The van der Waals surface area contributed by atoms with Crippen molar-refractivity contribution in [2.75, 3.05) is 7.11 Å². The second kappa shape index (κ2) is 5.17. The van der Waals surface area contributed by atoms with Gasteiger partial charge in [0.1, 0.15) is 5.69 Å². The third kappa shape index (κ3) is 2.57. The Morgan fingerprint density at radius 3 is 3.00 bits per heavy atom. The van der Waals surface area contributed by atoms with Gasteiger partial charge >= 0.3 is 5.97 Å². The Morgan fingerprint density at radius 2 is 2.33 bits per heavy atom. The summed E-state index contributed by atoms with van der Waals surface area (Å²) in [5, 5.41) is 11.8. The number of rotatable bonds is 4. The molecule has 0 bridgehead atoms. The molecule has 0 spiro atoms. The molecule has 0 aliphatic rings. The van der Waals surface area contributed by atoms with E-state index in [1.165, 1.54) is 11.9 Å². The van der Waals surface area contributed by atoms with Crippen molar-refractivity contribution in [1.82, 2.24) is 25.2 Å². The minimum Gasteiger partial charge on any atom is -0.466 e. The molecule has 7 nitrogen and oxygen atoms in total. The fourth-order valence-corrected chi connectivity index (χ4v) is 1.29. The van der Waals surface area contributed by atoms with Gasteiger partial charge in [0.15, 0.2) is 0 Å². The molecule has 0 aliphatic carbocycles.